The maximum atomic E-state index is 9.60. The van der Waals surface area contributed by atoms with Crippen LogP contribution in [0.3, 0.4) is 0 Å². The van der Waals surface area contributed by atoms with Crippen molar-refractivity contribution < 1.29 is 0 Å². The lowest BCUT2D eigenvalue weighted by atomic mass is 9.98. The molecule has 0 fully saturated rings. The van der Waals surface area contributed by atoms with Crippen molar-refractivity contribution in [3.63, 3.8) is 0 Å². The minimum Gasteiger partial charge on any atom is -0.309 e. The van der Waals surface area contributed by atoms with Crippen LogP contribution in [0, 0.1) is 34.0 Å². The molecule has 24 rings (SSSR count). The second-order valence-corrected chi connectivity index (χ2v) is 33.5. The molecule has 6 aromatic heterocycles. The summed E-state index contributed by atoms with van der Waals surface area (Å²) >= 11 is 5.46. The van der Waals surface area contributed by atoms with Gasteiger partial charge in [-0.25, -0.2) is 0 Å². The van der Waals surface area contributed by atoms with Crippen LogP contribution in [0.2, 0.25) is 0 Å². The molecule has 0 aliphatic rings. The molecule has 9 heteroatoms. The van der Waals surface area contributed by atoms with Gasteiger partial charge in [0.2, 0.25) is 0 Å². The molecule has 0 spiro atoms. The zero-order valence-corrected chi connectivity index (χ0v) is 67.0. The molecular weight excluding hydrogens is 1510 g/mol. The van der Waals surface area contributed by atoms with E-state index in [1.165, 1.54) is 182 Å². The first-order valence-corrected chi connectivity index (χ1v) is 42.5. The normalized spacial score (nSPS) is 11.5. The molecule has 120 heavy (non-hydrogen) atoms. The largest absolute Gasteiger partial charge is 0.309 e. The Morgan fingerprint density at radius 3 is 0.842 bits per heavy atom. The van der Waals surface area contributed by atoms with Gasteiger partial charge in [0.1, 0.15) is 0 Å². The summed E-state index contributed by atoms with van der Waals surface area (Å²) in [7, 11) is 0. The first kappa shape index (κ1) is 71.1. The van der Waals surface area contributed by atoms with E-state index in [9.17, 15) is 10.5 Å². The second kappa shape index (κ2) is 29.6. The van der Waals surface area contributed by atoms with E-state index in [1.807, 2.05) is 89.4 Å². The zero-order chi connectivity index (χ0) is 79.9. The summed E-state index contributed by atoms with van der Waals surface area (Å²) in [5, 5.41) is 43.3. The van der Waals surface area contributed by atoms with Crippen molar-refractivity contribution in [2.24, 2.45) is 0 Å². The minimum absolute atomic E-state index is 0.681. The number of nitriles is 3. The predicted molar refractivity (Wildman–Crippen MR) is 508 cm³/mol. The molecule has 0 aliphatic heterocycles. The molecule has 0 aliphatic carbocycles. The Kier molecular flexibility index (Phi) is 17.6. The molecule has 0 saturated heterocycles. The maximum Gasteiger partial charge on any atom is 0.0998 e. The molecule has 0 unspecified atom stereocenters. The molecule has 24 aromatic rings. The van der Waals surface area contributed by atoms with Gasteiger partial charge in [0.15, 0.2) is 0 Å². The van der Waals surface area contributed by atoms with E-state index >= 15 is 0 Å². The average Bonchev–Trinajstić information content (AvgIpc) is 1.59. The Morgan fingerprint density at radius 1 is 0.175 bits per heavy atom. The van der Waals surface area contributed by atoms with Crippen molar-refractivity contribution in [2.75, 3.05) is 0 Å². The van der Waals surface area contributed by atoms with E-state index < -0.39 is 0 Å². The number of rotatable bonds is 9. The van der Waals surface area contributed by atoms with Crippen LogP contribution >= 0.6 is 34.0 Å². The van der Waals surface area contributed by atoms with Gasteiger partial charge in [-0.1, -0.05) is 261 Å². The fraction of sp³-hybridized carbons (Fsp3) is 0. The molecule has 0 atom stereocenters. The third-order valence-electron chi connectivity index (χ3n) is 23.6. The topological polar surface area (TPSA) is 86.2 Å². The van der Waals surface area contributed by atoms with Crippen molar-refractivity contribution in [3.05, 3.63) is 417 Å². The van der Waals surface area contributed by atoms with Crippen LogP contribution in [-0.2, 0) is 0 Å². The van der Waals surface area contributed by atoms with Crippen molar-refractivity contribution in [2.45, 2.75) is 0 Å². The molecule has 0 radical (unpaired) electrons. The number of benzene rings is 18. The van der Waals surface area contributed by atoms with E-state index in [0.717, 1.165) is 27.8 Å². The standard InChI is InChI=1S/3C37H22N2S/c38-23-24-8-7-9-25(20-24)26-16-18-31-32-21-27(17-19-36(32)40-37(31)22-26)28-10-1-4-13-33(28)39-34-14-5-2-11-29(34)30-12-3-6-15-35(30)39;38-23-24-13-15-25(16-14-24)26-17-19-31-32-21-27(18-20-36(32)40-37(31)22-26)28-7-1-4-10-33(28)39-34-11-5-2-8-29(34)30-9-3-6-12-35(30)39;38-23-26-9-1-2-10-27(26)25-17-19-31-32-21-24(18-20-36(32)40-37(31)22-25)28-11-3-6-14-33(28)39-34-15-7-4-12-29(34)30-13-5-8-16-35(30)39/h3*1-22H. The van der Waals surface area contributed by atoms with Crippen LogP contribution in [0.1, 0.15) is 16.7 Å². The summed E-state index contributed by atoms with van der Waals surface area (Å²) in [4.78, 5) is 0. The molecule has 558 valence electrons. The Bertz CT molecular complexity index is 8270. The Balaban J connectivity index is 0.000000108. The lowest BCUT2D eigenvalue weighted by Gasteiger charge is -2.14. The number of aromatic nitrogens is 3. The summed E-state index contributed by atoms with van der Waals surface area (Å²) in [6, 6.07) is 149. The van der Waals surface area contributed by atoms with Crippen LogP contribution in [-0.4, -0.2) is 13.7 Å². The Morgan fingerprint density at radius 2 is 0.467 bits per heavy atom. The molecule has 6 heterocycles. The molecular formula is C111H66N6S3. The lowest BCUT2D eigenvalue weighted by Crippen LogP contribution is -1.96. The van der Waals surface area contributed by atoms with Crippen LogP contribution in [0.5, 0.6) is 0 Å². The highest BCUT2D eigenvalue weighted by molar-refractivity contribution is 7.26. The number of nitrogens with zero attached hydrogens (tertiary/aromatic N) is 6. The van der Waals surface area contributed by atoms with Gasteiger partial charge >= 0.3 is 0 Å². The highest BCUT2D eigenvalue weighted by Gasteiger charge is 2.22. The number of hydrogen-bond donors (Lipinski definition) is 0. The summed E-state index contributed by atoms with van der Waals surface area (Å²) in [5.41, 5.74) is 26.7. The van der Waals surface area contributed by atoms with Gasteiger partial charge in [0.25, 0.3) is 0 Å². The third-order valence-corrected chi connectivity index (χ3v) is 27.0. The minimum atomic E-state index is 0.681. The number of hydrogen-bond acceptors (Lipinski definition) is 6. The number of para-hydroxylation sites is 9. The molecule has 0 saturated carbocycles. The number of fused-ring (bicyclic) bond motifs is 18. The fourth-order valence-electron chi connectivity index (χ4n) is 18.0. The van der Waals surface area contributed by atoms with Gasteiger partial charge in [-0.2, -0.15) is 15.8 Å². The lowest BCUT2D eigenvalue weighted by molar-refractivity contribution is 1.18. The molecule has 6 nitrogen and oxygen atoms in total. The van der Waals surface area contributed by atoms with E-state index in [1.54, 1.807) is 11.3 Å². The van der Waals surface area contributed by atoms with Crippen LogP contribution in [0.15, 0.2) is 400 Å². The maximum absolute atomic E-state index is 9.60. The van der Waals surface area contributed by atoms with E-state index in [0.29, 0.717) is 16.7 Å². The van der Waals surface area contributed by atoms with Crippen LogP contribution in [0.25, 0.3) is 210 Å². The van der Waals surface area contributed by atoms with Crippen LogP contribution < -0.4 is 0 Å². The van der Waals surface area contributed by atoms with E-state index in [2.05, 4.69) is 366 Å². The number of thiophene rings is 3. The SMILES string of the molecule is N#Cc1ccc(-c2ccc3c(c2)sc2ccc(-c4ccccc4-n4c5ccccc5c5ccccc54)cc23)cc1.N#Cc1cccc(-c2ccc3c(c2)sc2ccc(-c4ccccc4-n4c5ccccc5c5ccccc54)cc23)c1.N#Cc1ccccc1-c1ccc2c(c1)sc1ccc(-c3ccccc3-n3c4ccccc4c4ccccc43)cc12. The third kappa shape index (κ3) is 12.2. The summed E-state index contributed by atoms with van der Waals surface area (Å²) < 4.78 is 14.8. The summed E-state index contributed by atoms with van der Waals surface area (Å²) in [6.45, 7) is 0. The van der Waals surface area contributed by atoms with Crippen molar-refractivity contribution in [1.82, 2.24) is 13.7 Å². The Hall–Kier alpha value is -15.5. The molecule has 0 N–H and O–H groups in total. The van der Waals surface area contributed by atoms with Crippen LogP contribution in [0.4, 0.5) is 0 Å². The second-order valence-electron chi connectivity index (χ2n) is 30.3. The Labute approximate surface area is 703 Å². The first-order chi connectivity index (χ1) is 59.4. The van der Waals surface area contributed by atoms with Gasteiger partial charge < -0.3 is 13.7 Å². The van der Waals surface area contributed by atoms with E-state index in [-0.39, 0.29) is 0 Å². The molecule has 18 aromatic carbocycles. The van der Waals surface area contributed by atoms with Crippen molar-refractivity contribution in [1.29, 1.82) is 15.8 Å². The quantitative estimate of drug-likeness (QED) is 0.144. The van der Waals surface area contributed by atoms with Gasteiger partial charge in [0.05, 0.1) is 85.1 Å². The fourth-order valence-corrected chi connectivity index (χ4v) is 21.4. The molecule has 0 amide bonds. The summed E-state index contributed by atoms with van der Waals surface area (Å²) in [5.74, 6) is 0. The monoisotopic (exact) mass is 1580 g/mol. The highest BCUT2D eigenvalue weighted by Crippen LogP contribution is 2.47. The van der Waals surface area contributed by atoms with Gasteiger partial charge in [-0.15, -0.1) is 34.0 Å². The molecule has 0 bridgehead atoms. The van der Waals surface area contributed by atoms with Crippen molar-refractivity contribution >= 4 is 160 Å². The van der Waals surface area contributed by atoms with Gasteiger partial charge in [-0.05, 0) is 190 Å². The smallest absolute Gasteiger partial charge is 0.0998 e. The van der Waals surface area contributed by atoms with Crippen molar-refractivity contribution in [3.8, 4) is 102 Å². The summed E-state index contributed by atoms with van der Waals surface area (Å²) in [6.07, 6.45) is 0. The predicted octanol–water partition coefficient (Wildman–Crippen LogP) is 31.1. The zero-order valence-electron chi connectivity index (χ0n) is 64.5. The average molecular weight is 1580 g/mol. The van der Waals surface area contributed by atoms with Gasteiger partial charge in [-0.3, -0.25) is 0 Å². The first-order valence-electron chi connectivity index (χ1n) is 40.0. The van der Waals surface area contributed by atoms with E-state index in [4.69, 9.17) is 5.26 Å². The highest BCUT2D eigenvalue weighted by atomic mass is 32.1. The van der Waals surface area contributed by atoms with Gasteiger partial charge in [0, 0.05) is 110 Å².